The van der Waals surface area contributed by atoms with Gasteiger partial charge in [0.2, 0.25) is 10.0 Å². The van der Waals surface area contributed by atoms with Crippen molar-refractivity contribution in [3.8, 4) is 0 Å². The maximum atomic E-state index is 12.2. The van der Waals surface area contributed by atoms with Crippen molar-refractivity contribution in [3.63, 3.8) is 0 Å². The second-order valence-corrected chi connectivity index (χ2v) is 6.37. The highest BCUT2D eigenvalue weighted by atomic mass is 32.2. The Hall–Kier alpha value is -1.86. The lowest BCUT2D eigenvalue weighted by molar-refractivity contribution is 0.581. The number of nitrogens with zero attached hydrogens (tertiary/aromatic N) is 2. The van der Waals surface area contributed by atoms with Gasteiger partial charge in [0, 0.05) is 24.8 Å². The molecule has 2 rings (SSSR count). The predicted octanol–water partition coefficient (Wildman–Crippen LogP) is 1.10. The fourth-order valence-electron chi connectivity index (χ4n) is 2.04. The normalized spacial score (nSPS) is 11.8. The molecule has 0 bridgehead atoms. The average molecular weight is 294 g/mol. The summed E-state index contributed by atoms with van der Waals surface area (Å²) in [6.07, 6.45) is 0. The molecular weight excluding hydrogens is 276 g/mol. The van der Waals surface area contributed by atoms with Gasteiger partial charge in [-0.15, -0.1) is 0 Å². The molecule has 0 radical (unpaired) electrons. The number of hydrogen-bond acceptors (Lipinski definition) is 4. The van der Waals surface area contributed by atoms with Crippen molar-refractivity contribution in [1.82, 2.24) is 14.5 Å². The minimum atomic E-state index is -3.63. The molecule has 0 saturated carbocycles. The monoisotopic (exact) mass is 294 g/mol. The standard InChI is InChI=1S/C13H18N4O2S/c1-9-11(10(2)17(3)16-9)8-15-20(18,19)13-7-5-4-6-12(13)14/h4-7,15H,8,14H2,1-3H3. The molecule has 0 unspecified atom stereocenters. The van der Waals surface area contributed by atoms with E-state index in [2.05, 4.69) is 9.82 Å². The van der Waals surface area contributed by atoms with Gasteiger partial charge in [0.1, 0.15) is 4.90 Å². The zero-order chi connectivity index (χ0) is 14.9. The van der Waals surface area contributed by atoms with Crippen molar-refractivity contribution in [1.29, 1.82) is 0 Å². The Morgan fingerprint density at radius 2 is 1.95 bits per heavy atom. The van der Waals surface area contributed by atoms with Crippen molar-refractivity contribution in [2.45, 2.75) is 25.3 Å². The Morgan fingerprint density at radius 1 is 1.30 bits per heavy atom. The van der Waals surface area contributed by atoms with Crippen molar-refractivity contribution >= 4 is 15.7 Å². The highest BCUT2D eigenvalue weighted by Gasteiger charge is 2.18. The quantitative estimate of drug-likeness (QED) is 0.826. The largest absolute Gasteiger partial charge is 0.398 e. The van der Waals surface area contributed by atoms with Crippen LogP contribution in [0.3, 0.4) is 0 Å². The Balaban J connectivity index is 2.24. The van der Waals surface area contributed by atoms with Crippen molar-refractivity contribution in [2.24, 2.45) is 7.05 Å². The summed E-state index contributed by atoms with van der Waals surface area (Å²) in [5, 5.41) is 4.26. The molecule has 0 aliphatic heterocycles. The number of sulfonamides is 1. The highest BCUT2D eigenvalue weighted by molar-refractivity contribution is 7.89. The smallest absolute Gasteiger partial charge is 0.242 e. The average Bonchev–Trinajstić information content (AvgIpc) is 2.61. The second kappa shape index (κ2) is 5.26. The number of benzene rings is 1. The summed E-state index contributed by atoms with van der Waals surface area (Å²) >= 11 is 0. The van der Waals surface area contributed by atoms with Crippen LogP contribution in [0.1, 0.15) is 17.0 Å². The van der Waals surface area contributed by atoms with Crippen LogP contribution in [0.4, 0.5) is 5.69 Å². The third kappa shape index (κ3) is 2.68. The van der Waals surface area contributed by atoms with E-state index in [0.29, 0.717) is 0 Å². The van der Waals surface area contributed by atoms with E-state index < -0.39 is 10.0 Å². The molecule has 1 aromatic heterocycles. The number of hydrogen-bond donors (Lipinski definition) is 2. The molecule has 0 saturated heterocycles. The fourth-order valence-corrected chi connectivity index (χ4v) is 3.17. The molecule has 0 fully saturated rings. The minimum absolute atomic E-state index is 0.0965. The zero-order valence-electron chi connectivity index (χ0n) is 11.7. The van der Waals surface area contributed by atoms with Crippen LogP contribution in [0.2, 0.25) is 0 Å². The van der Waals surface area contributed by atoms with Gasteiger partial charge in [0.25, 0.3) is 0 Å². The number of nitrogen functional groups attached to an aromatic ring is 1. The molecule has 6 nitrogen and oxygen atoms in total. The van der Waals surface area contributed by atoms with Crippen LogP contribution in [0.25, 0.3) is 0 Å². The summed E-state index contributed by atoms with van der Waals surface area (Å²) in [6, 6.07) is 6.39. The maximum absolute atomic E-state index is 12.2. The molecule has 1 heterocycles. The SMILES string of the molecule is Cc1nn(C)c(C)c1CNS(=O)(=O)c1ccccc1N. The molecule has 108 valence electrons. The van der Waals surface area contributed by atoms with Crippen LogP contribution in [-0.2, 0) is 23.6 Å². The van der Waals surface area contributed by atoms with Crippen LogP contribution in [0.5, 0.6) is 0 Å². The van der Waals surface area contributed by atoms with Gasteiger partial charge in [-0.2, -0.15) is 5.10 Å². The summed E-state index contributed by atoms with van der Waals surface area (Å²) in [6.45, 7) is 3.95. The Bertz CT molecular complexity index is 735. The van der Waals surface area contributed by atoms with E-state index in [-0.39, 0.29) is 17.1 Å². The first-order valence-corrected chi connectivity index (χ1v) is 7.64. The van der Waals surface area contributed by atoms with E-state index in [0.717, 1.165) is 17.0 Å². The summed E-state index contributed by atoms with van der Waals surface area (Å²) in [5.41, 5.74) is 8.57. The first kappa shape index (κ1) is 14.5. The second-order valence-electron chi connectivity index (χ2n) is 4.64. The maximum Gasteiger partial charge on any atom is 0.242 e. The van der Waals surface area contributed by atoms with Gasteiger partial charge in [0.05, 0.1) is 11.4 Å². The number of anilines is 1. The zero-order valence-corrected chi connectivity index (χ0v) is 12.5. The summed E-state index contributed by atoms with van der Waals surface area (Å²) in [5.74, 6) is 0. The number of aryl methyl sites for hydroxylation is 2. The van der Waals surface area contributed by atoms with Gasteiger partial charge >= 0.3 is 0 Å². The Morgan fingerprint density at radius 3 is 2.50 bits per heavy atom. The molecule has 2 aromatic rings. The predicted molar refractivity (Wildman–Crippen MR) is 77.6 cm³/mol. The summed E-state index contributed by atoms with van der Waals surface area (Å²) in [7, 11) is -1.80. The molecule has 20 heavy (non-hydrogen) atoms. The minimum Gasteiger partial charge on any atom is -0.398 e. The van der Waals surface area contributed by atoms with Gasteiger partial charge in [0.15, 0.2) is 0 Å². The molecule has 0 atom stereocenters. The van der Waals surface area contributed by atoms with Gasteiger partial charge < -0.3 is 5.73 Å². The lowest BCUT2D eigenvalue weighted by Crippen LogP contribution is -2.24. The highest BCUT2D eigenvalue weighted by Crippen LogP contribution is 2.18. The van der Waals surface area contributed by atoms with E-state index in [1.165, 1.54) is 6.07 Å². The molecule has 0 aliphatic rings. The van der Waals surface area contributed by atoms with Crippen LogP contribution >= 0.6 is 0 Å². The van der Waals surface area contributed by atoms with E-state index in [1.54, 1.807) is 22.9 Å². The number of nitrogens with one attached hydrogen (secondary N) is 1. The van der Waals surface area contributed by atoms with Gasteiger partial charge in [-0.1, -0.05) is 12.1 Å². The van der Waals surface area contributed by atoms with Gasteiger partial charge in [-0.05, 0) is 26.0 Å². The molecule has 1 aromatic carbocycles. The summed E-state index contributed by atoms with van der Waals surface area (Å²) in [4.78, 5) is 0.0965. The molecule has 0 aliphatic carbocycles. The van der Waals surface area contributed by atoms with E-state index in [9.17, 15) is 8.42 Å². The molecule has 0 spiro atoms. The number of nitrogens with two attached hydrogens (primary N) is 1. The van der Waals surface area contributed by atoms with E-state index in [1.807, 2.05) is 20.9 Å². The molecular formula is C13H18N4O2S. The molecule has 7 heteroatoms. The first-order valence-electron chi connectivity index (χ1n) is 6.16. The third-order valence-corrected chi connectivity index (χ3v) is 4.78. The third-order valence-electron chi connectivity index (χ3n) is 3.31. The van der Waals surface area contributed by atoms with Gasteiger partial charge in [-0.3, -0.25) is 4.68 Å². The van der Waals surface area contributed by atoms with Crippen molar-refractivity contribution in [2.75, 3.05) is 5.73 Å². The van der Waals surface area contributed by atoms with Crippen molar-refractivity contribution < 1.29 is 8.42 Å². The number of aromatic nitrogens is 2. The number of rotatable bonds is 4. The topological polar surface area (TPSA) is 90.0 Å². The fraction of sp³-hybridized carbons (Fsp3) is 0.308. The van der Waals surface area contributed by atoms with Gasteiger partial charge in [-0.25, -0.2) is 13.1 Å². The lowest BCUT2D eigenvalue weighted by atomic mass is 10.2. The van der Waals surface area contributed by atoms with Crippen molar-refractivity contribution in [3.05, 3.63) is 41.2 Å². The summed E-state index contributed by atoms with van der Waals surface area (Å²) < 4.78 is 28.8. The van der Waals surface area contributed by atoms with E-state index in [4.69, 9.17) is 5.73 Å². The van der Waals surface area contributed by atoms with Crippen LogP contribution < -0.4 is 10.5 Å². The Kier molecular flexibility index (Phi) is 3.82. The van der Waals surface area contributed by atoms with Crippen LogP contribution in [0, 0.1) is 13.8 Å². The lowest BCUT2D eigenvalue weighted by Gasteiger charge is -2.09. The first-order chi connectivity index (χ1) is 9.33. The van der Waals surface area contributed by atoms with Crippen LogP contribution in [0.15, 0.2) is 29.2 Å². The van der Waals surface area contributed by atoms with Crippen LogP contribution in [-0.4, -0.2) is 18.2 Å². The molecule has 0 amide bonds. The molecule has 3 N–H and O–H groups in total. The Labute approximate surface area is 118 Å². The number of para-hydroxylation sites is 1. The van der Waals surface area contributed by atoms with E-state index >= 15 is 0 Å².